The average Bonchev–Trinajstić information content (AvgIpc) is 2.63. The van der Waals surface area contributed by atoms with E-state index in [0.717, 1.165) is 18.4 Å². The van der Waals surface area contributed by atoms with Gasteiger partial charge in [-0.3, -0.25) is 9.59 Å². The summed E-state index contributed by atoms with van der Waals surface area (Å²) in [4.78, 5) is 23.3. The molecule has 4 nitrogen and oxygen atoms in total. The molecule has 0 aliphatic heterocycles. The summed E-state index contributed by atoms with van der Waals surface area (Å²) in [5, 5.41) is 1.13. The summed E-state index contributed by atoms with van der Waals surface area (Å²) in [7, 11) is 0. The van der Waals surface area contributed by atoms with E-state index in [4.69, 9.17) is 32.7 Å². The summed E-state index contributed by atoms with van der Waals surface area (Å²) in [5.74, 6) is -0.562. The van der Waals surface area contributed by atoms with Crippen LogP contribution in [0.4, 0.5) is 0 Å². The number of ether oxygens (including phenoxy) is 2. The Bertz CT molecular complexity index is 575. The van der Waals surface area contributed by atoms with E-state index in [9.17, 15) is 9.59 Å². The average molecular weight is 417 g/mol. The van der Waals surface area contributed by atoms with Gasteiger partial charge in [0.1, 0.15) is 0 Å². The minimum atomic E-state index is -0.316. The Morgan fingerprint density at radius 1 is 0.852 bits per heavy atom. The Kier molecular flexibility index (Phi) is 13.0. The molecule has 1 rings (SSSR count). The fraction of sp³-hybridized carbons (Fsp3) is 0.619. The standard InChI is InChI=1S/C21H30Cl2O4/c1-2-3-4-5-6-7-14-26-20(24)9-8-10-21(25)27-15-13-17-11-12-18(22)16-19(17)23/h11-12,16H,2-10,13-15H2,1H3. The van der Waals surface area contributed by atoms with E-state index in [1.165, 1.54) is 25.7 Å². The van der Waals surface area contributed by atoms with Gasteiger partial charge in [0.2, 0.25) is 0 Å². The molecule has 0 saturated heterocycles. The Hall–Kier alpha value is -1.26. The van der Waals surface area contributed by atoms with Crippen molar-refractivity contribution in [3.8, 4) is 0 Å². The molecule has 0 amide bonds. The molecule has 0 fully saturated rings. The maximum atomic E-state index is 11.7. The van der Waals surface area contributed by atoms with Crippen LogP contribution in [-0.4, -0.2) is 25.2 Å². The second kappa shape index (κ2) is 14.8. The summed E-state index contributed by atoms with van der Waals surface area (Å²) in [6, 6.07) is 5.23. The molecule has 6 heteroatoms. The number of hydrogen-bond acceptors (Lipinski definition) is 4. The summed E-state index contributed by atoms with van der Waals surface area (Å²) in [5.41, 5.74) is 0.882. The molecule has 0 aliphatic rings. The van der Waals surface area contributed by atoms with Crippen LogP contribution in [0.15, 0.2) is 18.2 Å². The lowest BCUT2D eigenvalue weighted by Crippen LogP contribution is -2.10. The van der Waals surface area contributed by atoms with Crippen LogP contribution < -0.4 is 0 Å². The van der Waals surface area contributed by atoms with Gasteiger partial charge in [-0.25, -0.2) is 0 Å². The molecule has 0 atom stereocenters. The predicted octanol–water partition coefficient (Wildman–Crippen LogP) is 6.15. The zero-order valence-electron chi connectivity index (χ0n) is 16.1. The van der Waals surface area contributed by atoms with Crippen molar-refractivity contribution >= 4 is 35.1 Å². The third-order valence-electron chi connectivity index (χ3n) is 4.17. The highest BCUT2D eigenvalue weighted by Crippen LogP contribution is 2.21. The lowest BCUT2D eigenvalue weighted by atomic mass is 10.1. The van der Waals surface area contributed by atoms with Gasteiger partial charge in [0.05, 0.1) is 13.2 Å². The number of rotatable bonds is 14. The highest BCUT2D eigenvalue weighted by atomic mass is 35.5. The van der Waals surface area contributed by atoms with Crippen LogP contribution >= 0.6 is 23.2 Å². The monoisotopic (exact) mass is 416 g/mol. The Balaban J connectivity index is 2.02. The molecule has 0 unspecified atom stereocenters. The largest absolute Gasteiger partial charge is 0.466 e. The minimum Gasteiger partial charge on any atom is -0.466 e. The number of unbranched alkanes of at least 4 members (excludes halogenated alkanes) is 5. The van der Waals surface area contributed by atoms with E-state index in [1.807, 2.05) is 6.07 Å². The van der Waals surface area contributed by atoms with Crippen molar-refractivity contribution in [3.05, 3.63) is 33.8 Å². The van der Waals surface area contributed by atoms with E-state index in [1.54, 1.807) is 12.1 Å². The second-order valence-electron chi connectivity index (χ2n) is 6.55. The SMILES string of the molecule is CCCCCCCCOC(=O)CCCC(=O)OCCc1ccc(Cl)cc1Cl. The van der Waals surface area contributed by atoms with Crippen LogP contribution in [0.25, 0.3) is 0 Å². The zero-order valence-corrected chi connectivity index (χ0v) is 17.6. The molecule has 0 aliphatic carbocycles. The molecule has 1 aromatic carbocycles. The number of halogens is 2. The van der Waals surface area contributed by atoms with Crippen molar-refractivity contribution in [2.24, 2.45) is 0 Å². The van der Waals surface area contributed by atoms with Gasteiger partial charge in [0.15, 0.2) is 0 Å². The van der Waals surface area contributed by atoms with Crippen LogP contribution in [0.2, 0.25) is 10.0 Å². The van der Waals surface area contributed by atoms with Crippen LogP contribution in [0.5, 0.6) is 0 Å². The lowest BCUT2D eigenvalue weighted by Gasteiger charge is -2.07. The van der Waals surface area contributed by atoms with E-state index >= 15 is 0 Å². The maximum absolute atomic E-state index is 11.7. The zero-order chi connectivity index (χ0) is 19.9. The van der Waals surface area contributed by atoms with E-state index in [-0.39, 0.29) is 31.4 Å². The fourth-order valence-electron chi connectivity index (χ4n) is 2.59. The Labute approximate surface area is 172 Å². The molecular formula is C21H30Cl2O4. The first-order valence-corrected chi connectivity index (χ1v) is 10.5. The highest BCUT2D eigenvalue weighted by molar-refractivity contribution is 6.35. The molecule has 152 valence electrons. The van der Waals surface area contributed by atoms with Crippen molar-refractivity contribution in [3.63, 3.8) is 0 Å². The molecule has 0 saturated carbocycles. The second-order valence-corrected chi connectivity index (χ2v) is 7.39. The quantitative estimate of drug-likeness (QED) is 0.269. The Morgan fingerprint density at radius 3 is 2.15 bits per heavy atom. The van der Waals surface area contributed by atoms with Crippen molar-refractivity contribution in [2.45, 2.75) is 71.1 Å². The van der Waals surface area contributed by atoms with E-state index in [0.29, 0.717) is 29.5 Å². The number of esters is 2. The number of hydrogen-bond donors (Lipinski definition) is 0. The molecule has 0 radical (unpaired) electrons. The third kappa shape index (κ3) is 11.9. The predicted molar refractivity (Wildman–Crippen MR) is 109 cm³/mol. The molecular weight excluding hydrogens is 387 g/mol. The first kappa shape index (κ1) is 23.8. The Morgan fingerprint density at radius 2 is 1.48 bits per heavy atom. The van der Waals surface area contributed by atoms with Gasteiger partial charge in [-0.1, -0.05) is 68.3 Å². The van der Waals surface area contributed by atoms with Gasteiger partial charge in [0.25, 0.3) is 0 Å². The summed E-state index contributed by atoms with van der Waals surface area (Å²) >= 11 is 11.9. The molecule has 0 bridgehead atoms. The topological polar surface area (TPSA) is 52.6 Å². The molecule has 27 heavy (non-hydrogen) atoms. The lowest BCUT2D eigenvalue weighted by molar-refractivity contribution is -0.145. The van der Waals surface area contributed by atoms with Crippen LogP contribution in [0, 0.1) is 0 Å². The third-order valence-corrected chi connectivity index (χ3v) is 4.76. The molecule has 0 heterocycles. The maximum Gasteiger partial charge on any atom is 0.305 e. The minimum absolute atomic E-state index is 0.209. The van der Waals surface area contributed by atoms with Gasteiger partial charge in [0, 0.05) is 29.3 Å². The number of benzene rings is 1. The smallest absolute Gasteiger partial charge is 0.305 e. The summed E-state index contributed by atoms with van der Waals surface area (Å²) in [6.45, 7) is 2.91. The first-order valence-electron chi connectivity index (χ1n) is 9.78. The van der Waals surface area contributed by atoms with Gasteiger partial charge < -0.3 is 9.47 Å². The van der Waals surface area contributed by atoms with Crippen molar-refractivity contribution in [1.82, 2.24) is 0 Å². The summed E-state index contributed by atoms with van der Waals surface area (Å²) < 4.78 is 10.4. The van der Waals surface area contributed by atoms with Crippen molar-refractivity contribution in [2.75, 3.05) is 13.2 Å². The van der Waals surface area contributed by atoms with Crippen LogP contribution in [0.1, 0.15) is 70.3 Å². The van der Waals surface area contributed by atoms with Gasteiger partial charge >= 0.3 is 11.9 Å². The normalized spacial score (nSPS) is 10.6. The molecule has 0 aromatic heterocycles. The fourth-order valence-corrected chi connectivity index (χ4v) is 3.09. The van der Waals surface area contributed by atoms with Crippen LogP contribution in [-0.2, 0) is 25.5 Å². The molecule has 1 aromatic rings. The van der Waals surface area contributed by atoms with E-state index < -0.39 is 0 Å². The molecule has 0 spiro atoms. The summed E-state index contributed by atoms with van der Waals surface area (Å²) in [6.07, 6.45) is 8.36. The first-order chi connectivity index (χ1) is 13.0. The van der Waals surface area contributed by atoms with Crippen molar-refractivity contribution in [1.29, 1.82) is 0 Å². The van der Waals surface area contributed by atoms with Gasteiger partial charge in [-0.05, 0) is 30.5 Å². The highest BCUT2D eigenvalue weighted by Gasteiger charge is 2.08. The van der Waals surface area contributed by atoms with Gasteiger partial charge in [-0.2, -0.15) is 0 Å². The van der Waals surface area contributed by atoms with Crippen molar-refractivity contribution < 1.29 is 19.1 Å². The van der Waals surface area contributed by atoms with Gasteiger partial charge in [-0.15, -0.1) is 0 Å². The molecule has 0 N–H and O–H groups in total. The van der Waals surface area contributed by atoms with Crippen LogP contribution in [0.3, 0.4) is 0 Å². The number of carbonyl (C=O) groups is 2. The van der Waals surface area contributed by atoms with E-state index in [2.05, 4.69) is 6.92 Å². The number of carbonyl (C=O) groups excluding carboxylic acids is 2.